The second kappa shape index (κ2) is 3.34. The molecule has 1 aliphatic heterocycles. The molecule has 11 heavy (non-hydrogen) atoms. The lowest BCUT2D eigenvalue weighted by Crippen LogP contribution is -2.41. The Morgan fingerprint density at radius 1 is 1.82 bits per heavy atom. The Hall–Kier alpha value is -1.10. The first-order valence-corrected chi connectivity index (χ1v) is 3.40. The van der Waals surface area contributed by atoms with Gasteiger partial charge in [0.25, 0.3) is 0 Å². The van der Waals surface area contributed by atoms with E-state index >= 15 is 0 Å². The van der Waals surface area contributed by atoms with Gasteiger partial charge in [-0.05, 0) is 0 Å². The van der Waals surface area contributed by atoms with Gasteiger partial charge in [-0.25, -0.2) is 4.79 Å². The fourth-order valence-corrected chi connectivity index (χ4v) is 0.880. The van der Waals surface area contributed by atoms with Crippen LogP contribution in [0, 0.1) is 0 Å². The minimum Gasteiger partial charge on any atom is -0.464 e. The molecule has 3 N–H and O–H groups in total. The van der Waals surface area contributed by atoms with E-state index in [0.717, 1.165) is 0 Å². The standard InChI is InChI=1S/C6H10N2O3/c7-3-5(9)8-4-1-2-11-6(4)10/h4H,1-3,7H2,(H,8,9)/t4-/m0/s1. The molecule has 1 amide bonds. The van der Waals surface area contributed by atoms with Crippen LogP contribution in [-0.4, -0.2) is 31.1 Å². The fraction of sp³-hybridized carbons (Fsp3) is 0.667. The Balaban J connectivity index is 2.36. The van der Waals surface area contributed by atoms with Crippen LogP contribution in [0.15, 0.2) is 0 Å². The average molecular weight is 158 g/mol. The number of amides is 1. The number of rotatable bonds is 2. The number of carbonyl (C=O) groups excluding carboxylic acids is 2. The lowest BCUT2D eigenvalue weighted by molar-refractivity contribution is -0.141. The highest BCUT2D eigenvalue weighted by Gasteiger charge is 2.27. The van der Waals surface area contributed by atoms with E-state index in [1.807, 2.05) is 0 Å². The van der Waals surface area contributed by atoms with Gasteiger partial charge in [0.15, 0.2) is 0 Å². The molecule has 5 heteroatoms. The summed E-state index contributed by atoms with van der Waals surface area (Å²) in [5, 5.41) is 2.44. The van der Waals surface area contributed by atoms with Gasteiger partial charge in [0.2, 0.25) is 5.91 Å². The number of hydrogen-bond acceptors (Lipinski definition) is 4. The number of hydrogen-bond donors (Lipinski definition) is 2. The molecule has 0 radical (unpaired) electrons. The van der Waals surface area contributed by atoms with Crippen molar-refractivity contribution < 1.29 is 14.3 Å². The van der Waals surface area contributed by atoms with Crippen LogP contribution in [0.25, 0.3) is 0 Å². The van der Waals surface area contributed by atoms with E-state index in [9.17, 15) is 9.59 Å². The largest absolute Gasteiger partial charge is 0.464 e. The number of cyclic esters (lactones) is 1. The Morgan fingerprint density at radius 2 is 2.55 bits per heavy atom. The number of nitrogens with one attached hydrogen (secondary N) is 1. The molecule has 0 bridgehead atoms. The van der Waals surface area contributed by atoms with E-state index in [1.54, 1.807) is 0 Å². The van der Waals surface area contributed by atoms with E-state index in [-0.39, 0.29) is 18.4 Å². The summed E-state index contributed by atoms with van der Waals surface area (Å²) in [6, 6.07) is -0.481. The summed E-state index contributed by atoms with van der Waals surface area (Å²) in [4.78, 5) is 21.4. The third-order valence-electron chi connectivity index (χ3n) is 1.46. The molecular formula is C6H10N2O3. The molecule has 1 aliphatic rings. The summed E-state index contributed by atoms with van der Waals surface area (Å²) in [5.41, 5.74) is 5.03. The fourth-order valence-electron chi connectivity index (χ4n) is 0.880. The summed E-state index contributed by atoms with van der Waals surface area (Å²) in [6.45, 7) is 0.290. The number of ether oxygens (including phenoxy) is 1. The van der Waals surface area contributed by atoms with Crippen molar-refractivity contribution in [1.82, 2.24) is 5.32 Å². The highest BCUT2D eigenvalue weighted by atomic mass is 16.5. The topological polar surface area (TPSA) is 81.4 Å². The summed E-state index contributed by atoms with van der Waals surface area (Å²) in [5.74, 6) is -0.694. The van der Waals surface area contributed by atoms with E-state index in [0.29, 0.717) is 13.0 Å². The van der Waals surface area contributed by atoms with Gasteiger partial charge in [-0.15, -0.1) is 0 Å². The number of carbonyl (C=O) groups is 2. The minimum atomic E-state index is -0.481. The van der Waals surface area contributed by atoms with Crippen molar-refractivity contribution >= 4 is 11.9 Å². The Morgan fingerprint density at radius 3 is 3.00 bits per heavy atom. The molecule has 0 aromatic rings. The molecule has 5 nitrogen and oxygen atoms in total. The molecule has 1 fully saturated rings. The van der Waals surface area contributed by atoms with Crippen molar-refractivity contribution in [3.8, 4) is 0 Å². The van der Waals surface area contributed by atoms with Gasteiger partial charge in [0.05, 0.1) is 13.2 Å². The SMILES string of the molecule is NCC(=O)N[C@H]1CCOC1=O. The van der Waals surface area contributed by atoms with Crippen LogP contribution in [0.3, 0.4) is 0 Å². The molecular weight excluding hydrogens is 148 g/mol. The molecule has 0 saturated carbocycles. The van der Waals surface area contributed by atoms with Crippen molar-refractivity contribution in [3.05, 3.63) is 0 Å². The lowest BCUT2D eigenvalue weighted by Gasteiger charge is -2.05. The van der Waals surface area contributed by atoms with Crippen molar-refractivity contribution in [2.75, 3.05) is 13.2 Å². The Bertz CT molecular complexity index is 181. The van der Waals surface area contributed by atoms with Crippen LogP contribution < -0.4 is 11.1 Å². The molecule has 62 valence electrons. The first-order chi connectivity index (χ1) is 5.24. The normalized spacial score (nSPS) is 23.0. The molecule has 0 unspecified atom stereocenters. The van der Waals surface area contributed by atoms with Gasteiger partial charge in [0, 0.05) is 6.42 Å². The third kappa shape index (κ3) is 1.91. The van der Waals surface area contributed by atoms with Gasteiger partial charge in [0.1, 0.15) is 6.04 Å². The van der Waals surface area contributed by atoms with Crippen molar-refractivity contribution in [2.45, 2.75) is 12.5 Å². The predicted molar refractivity (Wildman–Crippen MR) is 36.6 cm³/mol. The molecule has 0 spiro atoms. The van der Waals surface area contributed by atoms with Crippen LogP contribution in [0.5, 0.6) is 0 Å². The molecule has 0 aliphatic carbocycles. The van der Waals surface area contributed by atoms with E-state index in [2.05, 4.69) is 10.1 Å². The van der Waals surface area contributed by atoms with Crippen LogP contribution >= 0.6 is 0 Å². The van der Waals surface area contributed by atoms with E-state index < -0.39 is 6.04 Å². The van der Waals surface area contributed by atoms with Gasteiger partial charge in [-0.2, -0.15) is 0 Å². The summed E-state index contributed by atoms with van der Waals surface area (Å²) in [7, 11) is 0. The predicted octanol–water partition coefficient (Wildman–Crippen LogP) is -1.62. The third-order valence-corrected chi connectivity index (χ3v) is 1.46. The molecule has 1 saturated heterocycles. The quantitative estimate of drug-likeness (QED) is 0.473. The zero-order valence-corrected chi connectivity index (χ0v) is 6.00. The summed E-state index contributed by atoms with van der Waals surface area (Å²) < 4.78 is 4.62. The monoisotopic (exact) mass is 158 g/mol. The first-order valence-electron chi connectivity index (χ1n) is 3.40. The zero-order valence-electron chi connectivity index (χ0n) is 6.00. The first kappa shape index (κ1) is 8.00. The highest BCUT2D eigenvalue weighted by molar-refractivity contribution is 5.86. The maximum Gasteiger partial charge on any atom is 0.328 e. The van der Waals surface area contributed by atoms with Gasteiger partial charge in [-0.1, -0.05) is 0 Å². The van der Waals surface area contributed by atoms with Gasteiger partial charge < -0.3 is 15.8 Å². The molecule has 1 heterocycles. The van der Waals surface area contributed by atoms with Crippen LogP contribution in [-0.2, 0) is 14.3 Å². The number of esters is 1. The summed E-state index contributed by atoms with van der Waals surface area (Å²) >= 11 is 0. The minimum absolute atomic E-state index is 0.0935. The highest BCUT2D eigenvalue weighted by Crippen LogP contribution is 2.04. The molecule has 1 rings (SSSR count). The van der Waals surface area contributed by atoms with Crippen molar-refractivity contribution in [1.29, 1.82) is 0 Å². The Kier molecular flexibility index (Phi) is 2.43. The zero-order chi connectivity index (χ0) is 8.27. The van der Waals surface area contributed by atoms with Crippen molar-refractivity contribution in [3.63, 3.8) is 0 Å². The Labute approximate surface area is 63.9 Å². The van der Waals surface area contributed by atoms with Gasteiger partial charge >= 0.3 is 5.97 Å². The van der Waals surface area contributed by atoms with Gasteiger partial charge in [-0.3, -0.25) is 4.79 Å². The van der Waals surface area contributed by atoms with Crippen LogP contribution in [0.1, 0.15) is 6.42 Å². The molecule has 0 aromatic heterocycles. The second-order valence-electron chi connectivity index (χ2n) is 2.28. The van der Waals surface area contributed by atoms with Crippen LogP contribution in [0.4, 0.5) is 0 Å². The van der Waals surface area contributed by atoms with E-state index in [4.69, 9.17) is 5.73 Å². The smallest absolute Gasteiger partial charge is 0.328 e. The maximum absolute atomic E-state index is 10.7. The summed E-state index contributed by atoms with van der Waals surface area (Å²) in [6.07, 6.45) is 0.546. The number of nitrogens with two attached hydrogens (primary N) is 1. The van der Waals surface area contributed by atoms with Crippen molar-refractivity contribution in [2.24, 2.45) is 5.73 Å². The average Bonchev–Trinajstić information content (AvgIpc) is 2.37. The maximum atomic E-state index is 10.7. The molecule has 1 atom stereocenters. The van der Waals surface area contributed by atoms with E-state index in [1.165, 1.54) is 0 Å². The van der Waals surface area contributed by atoms with Crippen LogP contribution in [0.2, 0.25) is 0 Å². The molecule has 0 aromatic carbocycles. The second-order valence-corrected chi connectivity index (χ2v) is 2.28. The lowest BCUT2D eigenvalue weighted by atomic mass is 10.2.